The first-order valence-corrected chi connectivity index (χ1v) is 10.8. The van der Waals surface area contributed by atoms with E-state index in [1.165, 1.54) is 4.90 Å². The topological polar surface area (TPSA) is 116 Å². The molecule has 10 heteroatoms. The fourth-order valence-corrected chi connectivity index (χ4v) is 4.00. The van der Waals surface area contributed by atoms with E-state index in [0.29, 0.717) is 24.4 Å². The fourth-order valence-electron chi connectivity index (χ4n) is 4.00. The zero-order valence-corrected chi connectivity index (χ0v) is 19.1. The summed E-state index contributed by atoms with van der Waals surface area (Å²) in [6.07, 6.45) is 5.67. The van der Waals surface area contributed by atoms with Crippen LogP contribution < -0.4 is 4.74 Å². The first-order valence-electron chi connectivity index (χ1n) is 10.8. The average molecular weight is 456 g/mol. The number of carbonyl (C=O) groups is 2. The number of fused-ring (bicyclic) bond motifs is 1. The molecule has 0 radical (unpaired) electrons. The lowest BCUT2D eigenvalue weighted by Crippen LogP contribution is -2.43. The summed E-state index contributed by atoms with van der Waals surface area (Å²) in [5.41, 5.74) is 0.903. The predicted molar refractivity (Wildman–Crippen MR) is 118 cm³/mol. The highest BCUT2D eigenvalue weighted by atomic mass is 16.6. The standard InChI is InChI=1S/C23H28N4O6/c1-23(2,3)33-22(30)26-13-15(11-18(26)21(28)29)32-19-12-20(27-9-5-8-24-27)25-17-10-14(31-4)6-7-16(17)19/h5,8-10,12,15,18H,6-7,11,13H2,1-4H3,(H,28,29)/t15-,18+/m1/s1. The molecule has 176 valence electrons. The molecule has 1 saturated heterocycles. The van der Waals surface area contributed by atoms with Gasteiger partial charge >= 0.3 is 12.1 Å². The molecule has 1 aliphatic heterocycles. The molecule has 0 bridgehead atoms. The van der Waals surface area contributed by atoms with Crippen LogP contribution in [0.2, 0.25) is 0 Å². The summed E-state index contributed by atoms with van der Waals surface area (Å²) in [7, 11) is 1.63. The number of amides is 1. The lowest BCUT2D eigenvalue weighted by Gasteiger charge is -2.26. The molecule has 1 aliphatic carbocycles. The van der Waals surface area contributed by atoms with Crippen molar-refractivity contribution in [3.8, 4) is 11.6 Å². The smallest absolute Gasteiger partial charge is 0.411 e. The number of carbonyl (C=O) groups excluding carboxylic acids is 1. The third kappa shape index (κ3) is 4.94. The SMILES string of the molecule is COC1=Cc2nc(-n3cccn3)cc(O[C@@H]3C[C@@H](C(=O)O)N(C(=O)OC(C)(C)C)C3)c2CC1. The van der Waals surface area contributed by atoms with Crippen LogP contribution in [0.5, 0.6) is 5.75 Å². The number of hydrogen-bond acceptors (Lipinski definition) is 7. The maximum Gasteiger partial charge on any atom is 0.411 e. The Kier molecular flexibility index (Phi) is 6.01. The minimum Gasteiger partial charge on any atom is -0.501 e. The number of likely N-dealkylation sites (tertiary alicyclic amines) is 1. The molecular weight excluding hydrogens is 428 g/mol. The number of ether oxygens (including phenoxy) is 3. The lowest BCUT2D eigenvalue weighted by molar-refractivity contribution is -0.142. The molecule has 4 rings (SSSR count). The van der Waals surface area contributed by atoms with Crippen LogP contribution in [-0.2, 0) is 20.7 Å². The normalized spacial score (nSPS) is 20.1. The summed E-state index contributed by atoms with van der Waals surface area (Å²) in [4.78, 5) is 30.4. The Morgan fingerprint density at radius 3 is 2.67 bits per heavy atom. The van der Waals surface area contributed by atoms with Gasteiger partial charge in [-0.25, -0.2) is 19.3 Å². The van der Waals surface area contributed by atoms with E-state index < -0.39 is 29.8 Å². The number of pyridine rings is 1. The Hall–Kier alpha value is -3.56. The Morgan fingerprint density at radius 2 is 2.03 bits per heavy atom. The number of hydrogen-bond donors (Lipinski definition) is 1. The van der Waals surface area contributed by atoms with E-state index in [0.717, 1.165) is 17.0 Å². The van der Waals surface area contributed by atoms with Crippen molar-refractivity contribution in [2.75, 3.05) is 13.7 Å². The largest absolute Gasteiger partial charge is 0.501 e. The van der Waals surface area contributed by atoms with Crippen LogP contribution in [0.4, 0.5) is 4.79 Å². The van der Waals surface area contributed by atoms with Crippen molar-refractivity contribution in [3.05, 3.63) is 41.5 Å². The summed E-state index contributed by atoms with van der Waals surface area (Å²) in [6.45, 7) is 5.34. The fraction of sp³-hybridized carbons (Fsp3) is 0.478. The van der Waals surface area contributed by atoms with Gasteiger partial charge in [0.25, 0.3) is 0 Å². The maximum absolute atomic E-state index is 12.6. The van der Waals surface area contributed by atoms with Gasteiger partial charge in [-0.2, -0.15) is 5.10 Å². The lowest BCUT2D eigenvalue weighted by atomic mass is 9.99. The predicted octanol–water partition coefficient (Wildman–Crippen LogP) is 3.04. The van der Waals surface area contributed by atoms with Crippen LogP contribution in [0, 0.1) is 0 Å². The van der Waals surface area contributed by atoms with Crippen LogP contribution in [-0.4, -0.2) is 68.2 Å². The summed E-state index contributed by atoms with van der Waals surface area (Å²) in [6, 6.07) is 2.57. The molecule has 2 aliphatic rings. The molecule has 2 aromatic rings. The van der Waals surface area contributed by atoms with Crippen molar-refractivity contribution in [1.29, 1.82) is 0 Å². The van der Waals surface area contributed by atoms with E-state index in [1.807, 2.05) is 6.08 Å². The molecule has 33 heavy (non-hydrogen) atoms. The van der Waals surface area contributed by atoms with Gasteiger partial charge < -0.3 is 19.3 Å². The third-order valence-corrected chi connectivity index (χ3v) is 5.49. The van der Waals surface area contributed by atoms with Crippen LogP contribution in [0.25, 0.3) is 11.9 Å². The van der Waals surface area contributed by atoms with Crippen LogP contribution in [0.1, 0.15) is 44.9 Å². The zero-order valence-electron chi connectivity index (χ0n) is 19.1. The van der Waals surface area contributed by atoms with Gasteiger partial charge in [-0.3, -0.25) is 4.90 Å². The van der Waals surface area contributed by atoms with E-state index in [9.17, 15) is 14.7 Å². The van der Waals surface area contributed by atoms with Crippen LogP contribution in [0.15, 0.2) is 30.3 Å². The van der Waals surface area contributed by atoms with E-state index in [4.69, 9.17) is 19.2 Å². The molecule has 0 aromatic carbocycles. The summed E-state index contributed by atoms with van der Waals surface area (Å²) in [5, 5.41) is 13.9. The van der Waals surface area contributed by atoms with Gasteiger partial charge in [0.2, 0.25) is 0 Å². The van der Waals surface area contributed by atoms with Gasteiger partial charge in [-0.15, -0.1) is 0 Å². The molecule has 0 saturated carbocycles. The van der Waals surface area contributed by atoms with Crippen molar-refractivity contribution in [2.45, 2.75) is 57.8 Å². The van der Waals surface area contributed by atoms with E-state index in [1.54, 1.807) is 57.1 Å². The van der Waals surface area contributed by atoms with Crippen molar-refractivity contribution in [2.24, 2.45) is 0 Å². The Labute approximate surface area is 191 Å². The molecule has 0 spiro atoms. The Balaban J connectivity index is 1.63. The van der Waals surface area contributed by atoms with E-state index in [-0.39, 0.29) is 13.0 Å². The van der Waals surface area contributed by atoms with Crippen LogP contribution in [0.3, 0.4) is 0 Å². The number of nitrogens with zero attached hydrogens (tertiary/aromatic N) is 4. The third-order valence-electron chi connectivity index (χ3n) is 5.49. The highest BCUT2D eigenvalue weighted by Gasteiger charge is 2.43. The summed E-state index contributed by atoms with van der Waals surface area (Å²) >= 11 is 0. The number of aromatic nitrogens is 3. The maximum atomic E-state index is 12.6. The van der Waals surface area contributed by atoms with Gasteiger partial charge in [0.05, 0.1) is 25.1 Å². The Morgan fingerprint density at radius 1 is 1.24 bits per heavy atom. The monoisotopic (exact) mass is 456 g/mol. The zero-order chi connectivity index (χ0) is 23.8. The second kappa shape index (κ2) is 8.76. The number of carboxylic acids is 1. The van der Waals surface area contributed by atoms with Gasteiger partial charge in [0.15, 0.2) is 5.82 Å². The minimum atomic E-state index is -1.09. The van der Waals surface area contributed by atoms with Crippen molar-refractivity contribution in [3.63, 3.8) is 0 Å². The average Bonchev–Trinajstić information content (AvgIpc) is 3.42. The molecule has 1 fully saturated rings. The Bertz CT molecular complexity index is 1070. The van der Waals surface area contributed by atoms with Gasteiger partial charge in [-0.1, -0.05) is 0 Å². The number of methoxy groups -OCH3 is 1. The molecule has 2 aromatic heterocycles. The summed E-state index contributed by atoms with van der Waals surface area (Å²) in [5.74, 6) is 0.895. The van der Waals surface area contributed by atoms with Crippen molar-refractivity contribution < 1.29 is 28.9 Å². The molecule has 1 amide bonds. The molecule has 2 atom stereocenters. The van der Waals surface area contributed by atoms with Crippen molar-refractivity contribution in [1.82, 2.24) is 19.7 Å². The van der Waals surface area contributed by atoms with Gasteiger partial charge in [0, 0.05) is 42.9 Å². The van der Waals surface area contributed by atoms with Gasteiger partial charge in [-0.05, 0) is 33.3 Å². The first-order chi connectivity index (χ1) is 15.6. The highest BCUT2D eigenvalue weighted by Crippen LogP contribution is 2.34. The molecule has 10 nitrogen and oxygen atoms in total. The highest BCUT2D eigenvalue weighted by molar-refractivity contribution is 5.81. The quantitative estimate of drug-likeness (QED) is 0.730. The van der Waals surface area contributed by atoms with Crippen LogP contribution >= 0.6 is 0 Å². The molecule has 3 heterocycles. The van der Waals surface area contributed by atoms with Gasteiger partial charge in [0.1, 0.15) is 23.5 Å². The van der Waals surface area contributed by atoms with Crippen molar-refractivity contribution >= 4 is 18.1 Å². The molecular formula is C23H28N4O6. The summed E-state index contributed by atoms with van der Waals surface area (Å²) < 4.78 is 18.8. The minimum absolute atomic E-state index is 0.110. The first kappa shape index (κ1) is 22.6. The molecule has 1 N–H and O–H groups in total. The number of rotatable bonds is 5. The number of allylic oxidation sites excluding steroid dienone is 1. The number of carboxylic acid groups (broad SMARTS) is 1. The van der Waals surface area contributed by atoms with E-state index in [2.05, 4.69) is 5.10 Å². The molecule has 0 unspecified atom stereocenters. The van der Waals surface area contributed by atoms with E-state index >= 15 is 0 Å². The number of aliphatic carboxylic acids is 1. The second-order valence-electron chi connectivity index (χ2n) is 9.07. The second-order valence-corrected chi connectivity index (χ2v) is 9.07.